The van der Waals surface area contributed by atoms with Gasteiger partial charge >= 0.3 is 80.0 Å². The topological polar surface area (TPSA) is 0 Å². The zero-order valence-corrected chi connectivity index (χ0v) is 11.4. The van der Waals surface area contributed by atoms with E-state index in [1.54, 1.807) is 0 Å². The molecule has 0 aliphatic heterocycles. The first-order valence-electron chi connectivity index (χ1n) is 4.44. The normalized spacial score (nSPS) is 13.6. The summed E-state index contributed by atoms with van der Waals surface area (Å²) in [5.41, 5.74) is 2.59. The van der Waals surface area contributed by atoms with Gasteiger partial charge in [-0.15, -0.1) is 0 Å². The van der Waals surface area contributed by atoms with E-state index in [2.05, 4.69) is 57.1 Å². The summed E-state index contributed by atoms with van der Waals surface area (Å²) in [5, 5.41) is 0. The Morgan fingerprint density at radius 3 is 0.909 bits per heavy atom. The molecule has 0 heterocycles. The molecule has 0 aliphatic rings. The first-order chi connectivity index (χ1) is 4.83. The molecule has 0 spiro atoms. The maximum absolute atomic E-state index is 3.01. The predicted molar refractivity (Wildman–Crippen MR) is 59.5 cm³/mol. The van der Waals surface area contributed by atoms with Gasteiger partial charge in [-0.2, -0.15) is 0 Å². The Balaban J connectivity index is 4.53. The molecule has 0 saturated heterocycles. The average Bonchev–Trinajstić information content (AvgIpc) is 1.84. The van der Waals surface area contributed by atoms with E-state index in [0.29, 0.717) is 0 Å². The fourth-order valence-corrected chi connectivity index (χ4v) is 5.37. The van der Waals surface area contributed by atoms with Gasteiger partial charge < -0.3 is 0 Å². The molecule has 0 N–H and O–H groups in total. The summed E-state index contributed by atoms with van der Waals surface area (Å²) < 4.78 is 0. The van der Waals surface area contributed by atoms with Crippen LogP contribution in [0.2, 0.25) is 0 Å². The van der Waals surface area contributed by atoms with Crippen LogP contribution in [-0.2, 0) is 0 Å². The average molecular weight is 240 g/mol. The Morgan fingerprint density at radius 1 is 0.727 bits per heavy atom. The van der Waals surface area contributed by atoms with Gasteiger partial charge in [0.05, 0.1) is 0 Å². The second kappa shape index (κ2) is 4.26. The Hall–Kier alpha value is 0.949. The third kappa shape index (κ3) is 2.44. The van der Waals surface area contributed by atoms with Crippen molar-refractivity contribution in [3.63, 3.8) is 0 Å². The third-order valence-electron chi connectivity index (χ3n) is 2.48. The summed E-state index contributed by atoms with van der Waals surface area (Å²) in [4.78, 5) is 0. The van der Waals surface area contributed by atoms with Gasteiger partial charge in [0.2, 0.25) is 0 Å². The fraction of sp³-hybridized carbons (Fsp3) is 1.00. The van der Waals surface area contributed by atoms with Crippen molar-refractivity contribution in [2.45, 2.75) is 58.5 Å². The quantitative estimate of drug-likeness (QED) is 0.525. The van der Waals surface area contributed by atoms with Crippen molar-refractivity contribution >= 4 is 21.5 Å². The summed E-state index contributed by atoms with van der Waals surface area (Å²) in [5.74, 6) is -0.748. The molecule has 0 unspecified atom stereocenters. The molecule has 0 aromatic heterocycles. The molecule has 0 bridgehead atoms. The van der Waals surface area contributed by atoms with Gasteiger partial charge in [0, 0.05) is 0 Å². The second-order valence-corrected chi connectivity index (χ2v) is 13.1. The molecule has 0 rings (SSSR count). The Bertz CT molecular complexity index is 97.0. The molecule has 0 radical (unpaired) electrons. The van der Waals surface area contributed by atoms with E-state index in [1.165, 1.54) is 0 Å². The number of hydrogen-bond acceptors (Lipinski definition) is 0. The van der Waals surface area contributed by atoms with Crippen LogP contribution < -0.4 is 0 Å². The van der Waals surface area contributed by atoms with Crippen LogP contribution in [0.3, 0.4) is 0 Å². The van der Waals surface area contributed by atoms with E-state index in [9.17, 15) is 0 Å². The fourth-order valence-electron chi connectivity index (χ4n) is 1.79. The van der Waals surface area contributed by atoms with E-state index in [0.717, 1.165) is 17.0 Å². The van der Waals surface area contributed by atoms with E-state index in [4.69, 9.17) is 0 Å². The Kier molecular flexibility index (Phi) is 4.63. The van der Waals surface area contributed by atoms with Crippen molar-refractivity contribution in [1.29, 1.82) is 0 Å². The van der Waals surface area contributed by atoms with Gasteiger partial charge in [0.1, 0.15) is 0 Å². The molecule has 2 heteroatoms. The first kappa shape index (κ1) is 11.9. The minimum atomic E-state index is -0.748. The van der Waals surface area contributed by atoms with E-state index in [1.807, 2.05) is 0 Å². The molecule has 0 amide bonds. The van der Waals surface area contributed by atoms with Crippen LogP contribution in [0.15, 0.2) is 0 Å². The van der Waals surface area contributed by atoms with Gasteiger partial charge in [0.15, 0.2) is 0 Å². The van der Waals surface area contributed by atoms with Crippen molar-refractivity contribution < 1.29 is 0 Å². The van der Waals surface area contributed by atoms with Gasteiger partial charge in [-0.05, 0) is 0 Å². The van der Waals surface area contributed by atoms with Crippen LogP contribution in [-0.4, -0.2) is 32.5 Å². The summed E-state index contributed by atoms with van der Waals surface area (Å²) in [6.45, 7) is 14.2. The molecule has 0 nitrogen and oxygen atoms in total. The van der Waals surface area contributed by atoms with Crippen molar-refractivity contribution in [3.05, 3.63) is 0 Å². The molecule has 0 atom stereocenters. The second-order valence-electron chi connectivity index (χ2n) is 4.07. The molecule has 0 aromatic rings. The van der Waals surface area contributed by atoms with Crippen molar-refractivity contribution in [3.8, 4) is 0 Å². The standard InChI is InChI=1S/C9H22PSe/c1-7(2)10(11,8(3)4)9(5)6/h7-9,11H,1-6H3/q+1. The van der Waals surface area contributed by atoms with E-state index >= 15 is 0 Å². The first-order valence-corrected chi connectivity index (χ1v) is 8.91. The van der Waals surface area contributed by atoms with Crippen molar-refractivity contribution in [2.75, 3.05) is 0 Å². The SMILES string of the molecule is CC(C)[P+]([SeH])(C(C)C)C(C)C. The number of rotatable bonds is 3. The van der Waals surface area contributed by atoms with Gasteiger partial charge in [-0.1, -0.05) is 0 Å². The van der Waals surface area contributed by atoms with Gasteiger partial charge in [-0.25, -0.2) is 0 Å². The van der Waals surface area contributed by atoms with Crippen LogP contribution in [0.1, 0.15) is 41.5 Å². The minimum absolute atomic E-state index is 0.748. The van der Waals surface area contributed by atoms with Crippen LogP contribution in [0, 0.1) is 0 Å². The monoisotopic (exact) mass is 241 g/mol. The van der Waals surface area contributed by atoms with Crippen LogP contribution >= 0.6 is 5.95 Å². The summed E-state index contributed by atoms with van der Waals surface area (Å²) >= 11 is 3.01. The molecule has 11 heavy (non-hydrogen) atoms. The zero-order valence-electron chi connectivity index (χ0n) is 8.63. The van der Waals surface area contributed by atoms with Gasteiger partial charge in [0.25, 0.3) is 0 Å². The molecular weight excluding hydrogens is 218 g/mol. The Morgan fingerprint density at radius 2 is 0.909 bits per heavy atom. The van der Waals surface area contributed by atoms with Crippen LogP contribution in [0.25, 0.3) is 0 Å². The van der Waals surface area contributed by atoms with Gasteiger partial charge in [-0.3, -0.25) is 0 Å². The molecule has 68 valence electrons. The summed E-state index contributed by atoms with van der Waals surface area (Å²) in [6, 6.07) is 0. The summed E-state index contributed by atoms with van der Waals surface area (Å²) in [6.07, 6.45) is 0. The van der Waals surface area contributed by atoms with Crippen molar-refractivity contribution in [1.82, 2.24) is 0 Å². The van der Waals surface area contributed by atoms with Crippen LogP contribution in [0.5, 0.6) is 0 Å². The van der Waals surface area contributed by atoms with E-state index in [-0.39, 0.29) is 0 Å². The maximum atomic E-state index is 3.01. The molecule has 0 aliphatic carbocycles. The molecule has 0 fully saturated rings. The third-order valence-corrected chi connectivity index (χ3v) is 16.2. The molecular formula is C9H22PSe+. The molecule has 0 saturated carbocycles. The summed E-state index contributed by atoms with van der Waals surface area (Å²) in [7, 11) is 0. The van der Waals surface area contributed by atoms with Crippen molar-refractivity contribution in [2.24, 2.45) is 0 Å². The van der Waals surface area contributed by atoms with E-state index < -0.39 is 5.95 Å². The van der Waals surface area contributed by atoms with Crippen LogP contribution in [0.4, 0.5) is 0 Å². The Labute approximate surface area is 80.3 Å². The zero-order chi connectivity index (χ0) is 9.23. The number of hydrogen-bond donors (Lipinski definition) is 0. The predicted octanol–water partition coefficient (Wildman–Crippen LogP) is 3.05. The molecule has 0 aromatic carbocycles.